The maximum atomic E-state index is 13.1. The maximum Gasteiger partial charge on any atom is 0.254 e. The summed E-state index contributed by atoms with van der Waals surface area (Å²) < 4.78 is 0. The minimum Gasteiger partial charge on any atom is -0.334 e. The average Bonchev–Trinajstić information content (AvgIpc) is 2.91. The molecule has 3 nitrogen and oxygen atoms in total. The van der Waals surface area contributed by atoms with Crippen molar-refractivity contribution < 1.29 is 9.59 Å². The van der Waals surface area contributed by atoms with Crippen molar-refractivity contribution in [2.45, 2.75) is 129 Å². The minimum atomic E-state index is 0.162. The van der Waals surface area contributed by atoms with Crippen molar-refractivity contribution in [3.63, 3.8) is 0 Å². The summed E-state index contributed by atoms with van der Waals surface area (Å²) in [5.74, 6) is 1.52. The third kappa shape index (κ3) is 18.0. The van der Waals surface area contributed by atoms with Gasteiger partial charge in [0, 0.05) is 24.2 Å². The highest BCUT2D eigenvalue weighted by atomic mass is 16.2. The fourth-order valence-corrected chi connectivity index (χ4v) is 3.96. The van der Waals surface area contributed by atoms with E-state index in [9.17, 15) is 9.59 Å². The van der Waals surface area contributed by atoms with Gasteiger partial charge in [0.2, 0.25) is 0 Å². The van der Waals surface area contributed by atoms with E-state index in [4.69, 9.17) is 0 Å². The smallest absolute Gasteiger partial charge is 0.254 e. The van der Waals surface area contributed by atoms with E-state index in [-0.39, 0.29) is 11.7 Å². The molecule has 0 aromatic heterocycles. The second-order valence-corrected chi connectivity index (χ2v) is 12.4. The third-order valence-corrected chi connectivity index (χ3v) is 6.48. The minimum absolute atomic E-state index is 0.162. The number of Topliss-reactive ketones (excluding diaryl/α,β-unsaturated/α-hetero) is 1. The van der Waals surface area contributed by atoms with E-state index in [1.54, 1.807) is 6.92 Å². The highest BCUT2D eigenvalue weighted by molar-refractivity contribution is 6.20. The Morgan fingerprint density at radius 1 is 0.905 bits per heavy atom. The van der Waals surface area contributed by atoms with Gasteiger partial charge in [-0.3, -0.25) is 9.59 Å². The molecule has 1 heterocycles. The van der Waals surface area contributed by atoms with Gasteiger partial charge in [-0.25, -0.2) is 0 Å². The first-order chi connectivity index (χ1) is 19.7. The molecule has 0 unspecified atom stereocenters. The van der Waals surface area contributed by atoms with Crippen molar-refractivity contribution >= 4 is 17.3 Å². The Bertz CT molecular complexity index is 1050. The number of nitrogens with zero attached hydrogens (tertiary/aromatic N) is 1. The Balaban J connectivity index is 0. The molecule has 1 aromatic rings. The second-order valence-electron chi connectivity index (χ2n) is 12.4. The first-order valence-corrected chi connectivity index (χ1v) is 16.3. The largest absolute Gasteiger partial charge is 0.334 e. The molecule has 42 heavy (non-hydrogen) atoms. The molecule has 1 aliphatic heterocycles. The quantitative estimate of drug-likeness (QED) is 0.174. The fraction of sp³-hybridized carbons (Fsp3) is 0.590. The number of carbonyl (C=O) groups is 2. The lowest BCUT2D eigenvalue weighted by molar-refractivity contribution is -0.124. The summed E-state index contributed by atoms with van der Waals surface area (Å²) in [5, 5.41) is 0. The molecule has 0 saturated heterocycles. The average molecular weight is 580 g/mol. The molecule has 0 aliphatic carbocycles. The zero-order chi connectivity index (χ0) is 32.8. The Morgan fingerprint density at radius 3 is 1.88 bits per heavy atom. The van der Waals surface area contributed by atoms with Crippen LogP contribution in [0.3, 0.4) is 0 Å². The first kappa shape index (κ1) is 41.5. The Hall–Kier alpha value is -2.68. The summed E-state index contributed by atoms with van der Waals surface area (Å²) in [5.41, 5.74) is 7.88. The molecule has 0 N–H and O–H groups in total. The van der Waals surface area contributed by atoms with Gasteiger partial charge in [0.1, 0.15) is 0 Å². The van der Waals surface area contributed by atoms with Crippen LogP contribution in [0.25, 0.3) is 5.57 Å². The molecule has 0 atom stereocenters. The van der Waals surface area contributed by atoms with Crippen molar-refractivity contribution in [2.75, 3.05) is 13.1 Å². The molecule has 1 amide bonds. The summed E-state index contributed by atoms with van der Waals surface area (Å²) in [4.78, 5) is 26.3. The molecular weight excluding hydrogens is 514 g/mol. The summed E-state index contributed by atoms with van der Waals surface area (Å²) in [6.07, 6.45) is 11.5. The molecule has 238 valence electrons. The number of benzene rings is 1. The number of amides is 1. The second kappa shape index (κ2) is 23.8. The van der Waals surface area contributed by atoms with Crippen LogP contribution < -0.4 is 0 Å². The summed E-state index contributed by atoms with van der Waals surface area (Å²) in [7, 11) is 0. The predicted octanol–water partition coefficient (Wildman–Crippen LogP) is 11.3. The molecule has 0 spiro atoms. The van der Waals surface area contributed by atoms with E-state index in [0.717, 1.165) is 67.0 Å². The fourth-order valence-electron chi connectivity index (χ4n) is 3.96. The van der Waals surface area contributed by atoms with Gasteiger partial charge in [-0.15, -0.1) is 0 Å². The Kier molecular flexibility index (Phi) is 23.5. The molecule has 0 bridgehead atoms. The molecule has 0 fully saturated rings. The van der Waals surface area contributed by atoms with E-state index in [0.29, 0.717) is 5.92 Å². The van der Waals surface area contributed by atoms with Gasteiger partial charge in [-0.2, -0.15) is 0 Å². The van der Waals surface area contributed by atoms with Crippen LogP contribution in [0.2, 0.25) is 0 Å². The zero-order valence-corrected chi connectivity index (χ0v) is 29.9. The van der Waals surface area contributed by atoms with E-state index < -0.39 is 0 Å². The molecule has 2 rings (SSSR count). The van der Waals surface area contributed by atoms with Crippen LogP contribution in [0.4, 0.5) is 0 Å². The topological polar surface area (TPSA) is 37.4 Å². The molecule has 0 saturated carbocycles. The van der Waals surface area contributed by atoms with Crippen LogP contribution in [0.15, 0.2) is 64.8 Å². The van der Waals surface area contributed by atoms with E-state index in [1.807, 2.05) is 30.0 Å². The lowest BCUT2D eigenvalue weighted by atomic mass is 9.95. The van der Waals surface area contributed by atoms with E-state index >= 15 is 0 Å². The number of ketones is 1. The Labute approximate surface area is 261 Å². The van der Waals surface area contributed by atoms with Crippen LogP contribution >= 0.6 is 0 Å². The van der Waals surface area contributed by atoms with Crippen molar-refractivity contribution in [2.24, 2.45) is 11.8 Å². The number of rotatable bonds is 8. The number of unbranched alkanes of at least 4 members (excludes halogenated alkanes) is 1. The summed E-state index contributed by atoms with van der Waals surface area (Å²) in [6, 6.07) is 8.16. The molecule has 1 aliphatic rings. The van der Waals surface area contributed by atoms with Crippen molar-refractivity contribution in [1.82, 2.24) is 4.90 Å². The lowest BCUT2D eigenvalue weighted by Crippen LogP contribution is -2.37. The van der Waals surface area contributed by atoms with Gasteiger partial charge in [0.15, 0.2) is 5.78 Å². The van der Waals surface area contributed by atoms with Gasteiger partial charge in [0.05, 0.1) is 0 Å². The van der Waals surface area contributed by atoms with E-state index in [2.05, 4.69) is 107 Å². The molecule has 1 aromatic carbocycles. The Morgan fingerprint density at radius 2 is 1.45 bits per heavy atom. The molecule has 3 heteroatoms. The van der Waals surface area contributed by atoms with Crippen LogP contribution in [-0.4, -0.2) is 29.7 Å². The van der Waals surface area contributed by atoms with Crippen LogP contribution in [0.1, 0.15) is 133 Å². The predicted molar refractivity (Wildman–Crippen MR) is 188 cm³/mol. The highest BCUT2D eigenvalue weighted by Crippen LogP contribution is 2.26. The summed E-state index contributed by atoms with van der Waals surface area (Å²) >= 11 is 0. The third-order valence-electron chi connectivity index (χ3n) is 6.48. The van der Waals surface area contributed by atoms with Crippen LogP contribution in [-0.2, 0) is 9.59 Å². The zero-order valence-electron chi connectivity index (χ0n) is 29.9. The number of hydrogen-bond donors (Lipinski definition) is 0. The monoisotopic (exact) mass is 580 g/mol. The molecular formula is C39H65NO2. The number of aryl methyl sites for hydroxylation is 1. The van der Waals surface area contributed by atoms with Gasteiger partial charge in [-0.05, 0) is 76.8 Å². The van der Waals surface area contributed by atoms with Gasteiger partial charge in [0.25, 0.3) is 5.91 Å². The number of hydrogen-bond acceptors (Lipinski definition) is 2. The number of allylic oxidation sites excluding steroid dienone is 5. The van der Waals surface area contributed by atoms with Crippen molar-refractivity contribution in [1.29, 1.82) is 0 Å². The van der Waals surface area contributed by atoms with Gasteiger partial charge >= 0.3 is 0 Å². The SMILES string of the molecule is CC(C)C.CC1=C(C)CN(C(=O)/C(=C/C(C)C)c2ccccc2C)CC1.CCC.CCC/C=C/C(C(C)=O)=C(\C)CC. The van der Waals surface area contributed by atoms with Gasteiger partial charge < -0.3 is 4.90 Å². The van der Waals surface area contributed by atoms with Crippen molar-refractivity contribution in [3.8, 4) is 0 Å². The van der Waals surface area contributed by atoms with Crippen LogP contribution in [0, 0.1) is 18.8 Å². The van der Waals surface area contributed by atoms with E-state index in [1.165, 1.54) is 23.1 Å². The van der Waals surface area contributed by atoms with Crippen molar-refractivity contribution in [3.05, 3.63) is 75.9 Å². The maximum absolute atomic E-state index is 13.1. The van der Waals surface area contributed by atoms with Crippen LogP contribution in [0.5, 0.6) is 0 Å². The molecule has 0 radical (unpaired) electrons. The number of carbonyl (C=O) groups excluding carboxylic acids is 2. The first-order valence-electron chi connectivity index (χ1n) is 16.3. The van der Waals surface area contributed by atoms with Gasteiger partial charge in [-0.1, -0.05) is 134 Å². The highest BCUT2D eigenvalue weighted by Gasteiger charge is 2.24. The lowest BCUT2D eigenvalue weighted by Gasteiger charge is -2.30. The standard InChI is InChI=1S/C20H27NO.C12H20O.C4H10.C3H8/c1-14(2)12-19(18-9-7-6-8-16(18)4)20(22)21-11-10-15(3)17(5)13-21;1-5-7-8-9-12(11(4)13)10(3)6-2;1-4(2)3;1-3-2/h6-9,12,14H,10-11,13H2,1-5H3;8-9H,5-7H2,1-4H3;4H,1-3H3;3H2,1-2H3/b19-12+;9-8+,12-10-;;. The summed E-state index contributed by atoms with van der Waals surface area (Å²) in [6.45, 7) is 30.8. The normalized spacial score (nSPS) is 14.0.